The third-order valence-electron chi connectivity index (χ3n) is 4.34. The first-order valence-corrected chi connectivity index (χ1v) is 8.12. The molecule has 1 aromatic carbocycles. The highest BCUT2D eigenvalue weighted by Gasteiger charge is 2.20. The fraction of sp³-hybridized carbons (Fsp3) is 0.667. The van der Waals surface area contributed by atoms with Crippen molar-refractivity contribution in [1.29, 1.82) is 0 Å². The molecule has 1 atom stereocenters. The number of piperidine rings is 1. The molecule has 1 saturated heterocycles. The molecule has 0 aliphatic carbocycles. The van der Waals surface area contributed by atoms with Crippen LogP contribution in [0, 0.1) is 19.8 Å². The van der Waals surface area contributed by atoms with Gasteiger partial charge in [0.05, 0.1) is 6.61 Å². The maximum absolute atomic E-state index is 6.14. The quantitative estimate of drug-likeness (QED) is 0.801. The number of hydrogen-bond acceptors (Lipinski definition) is 3. The highest BCUT2D eigenvalue weighted by atomic mass is 16.5. The van der Waals surface area contributed by atoms with Crippen LogP contribution in [0.5, 0.6) is 5.75 Å². The van der Waals surface area contributed by atoms with Gasteiger partial charge in [-0.15, -0.1) is 0 Å². The van der Waals surface area contributed by atoms with Gasteiger partial charge in [0.2, 0.25) is 0 Å². The lowest BCUT2D eigenvalue weighted by molar-refractivity contribution is 0.123. The minimum atomic E-state index is 0.667. The van der Waals surface area contributed by atoms with Crippen molar-refractivity contribution in [3.05, 3.63) is 29.3 Å². The van der Waals surface area contributed by atoms with Crippen LogP contribution in [0.25, 0.3) is 0 Å². The molecule has 0 saturated carbocycles. The second kappa shape index (κ2) is 7.81. The standard InChI is InChI=1S/C18H30N2O/c1-15-7-5-8-16(2)18(15)21-14-17-9-6-10-20(13-17)12-11-19(3)4/h5,7-8,17H,6,9-14H2,1-4H3. The number of aryl methyl sites for hydroxylation is 2. The molecule has 1 fully saturated rings. The highest BCUT2D eigenvalue weighted by Crippen LogP contribution is 2.24. The van der Waals surface area contributed by atoms with Gasteiger partial charge in [-0.3, -0.25) is 0 Å². The number of ether oxygens (including phenoxy) is 1. The predicted molar refractivity (Wildman–Crippen MR) is 89.1 cm³/mol. The molecule has 2 rings (SSSR count). The van der Waals surface area contributed by atoms with Crippen LogP contribution in [0.3, 0.4) is 0 Å². The summed E-state index contributed by atoms with van der Waals surface area (Å²) in [5.41, 5.74) is 2.49. The van der Waals surface area contributed by atoms with E-state index in [4.69, 9.17) is 4.74 Å². The number of hydrogen-bond donors (Lipinski definition) is 0. The molecule has 1 unspecified atom stereocenters. The van der Waals surface area contributed by atoms with Gasteiger partial charge >= 0.3 is 0 Å². The van der Waals surface area contributed by atoms with E-state index in [1.807, 2.05) is 0 Å². The van der Waals surface area contributed by atoms with E-state index in [2.05, 4.69) is 55.9 Å². The molecule has 0 spiro atoms. The molecule has 0 N–H and O–H groups in total. The van der Waals surface area contributed by atoms with Crippen molar-refractivity contribution >= 4 is 0 Å². The molecule has 1 heterocycles. The summed E-state index contributed by atoms with van der Waals surface area (Å²) in [6, 6.07) is 6.36. The topological polar surface area (TPSA) is 15.7 Å². The van der Waals surface area contributed by atoms with Crippen LogP contribution in [-0.4, -0.2) is 56.7 Å². The second-order valence-electron chi connectivity index (χ2n) is 6.64. The highest BCUT2D eigenvalue weighted by molar-refractivity contribution is 5.39. The number of rotatable bonds is 6. The number of nitrogens with zero attached hydrogens (tertiary/aromatic N) is 2. The zero-order valence-corrected chi connectivity index (χ0v) is 14.1. The van der Waals surface area contributed by atoms with Crippen molar-refractivity contribution in [2.75, 3.05) is 46.9 Å². The number of likely N-dealkylation sites (N-methyl/N-ethyl adjacent to an activating group) is 1. The fourth-order valence-electron chi connectivity index (χ4n) is 3.06. The summed E-state index contributed by atoms with van der Waals surface area (Å²) in [6.45, 7) is 9.85. The summed E-state index contributed by atoms with van der Waals surface area (Å²) in [4.78, 5) is 4.85. The van der Waals surface area contributed by atoms with Crippen molar-refractivity contribution < 1.29 is 4.74 Å². The van der Waals surface area contributed by atoms with Gasteiger partial charge in [-0.2, -0.15) is 0 Å². The molecule has 3 heteroatoms. The molecule has 1 aromatic rings. The monoisotopic (exact) mass is 290 g/mol. The molecule has 0 amide bonds. The summed E-state index contributed by atoms with van der Waals surface area (Å²) < 4.78 is 6.14. The van der Waals surface area contributed by atoms with Crippen LogP contribution in [0.4, 0.5) is 0 Å². The summed E-state index contributed by atoms with van der Waals surface area (Å²) in [6.07, 6.45) is 2.59. The molecule has 21 heavy (non-hydrogen) atoms. The normalized spacial score (nSPS) is 20.0. The van der Waals surface area contributed by atoms with E-state index in [1.165, 1.54) is 43.6 Å². The van der Waals surface area contributed by atoms with Gasteiger partial charge in [0.15, 0.2) is 0 Å². The Bertz CT molecular complexity index is 425. The van der Waals surface area contributed by atoms with Crippen molar-refractivity contribution in [3.8, 4) is 5.75 Å². The van der Waals surface area contributed by atoms with Crippen LogP contribution in [-0.2, 0) is 0 Å². The smallest absolute Gasteiger partial charge is 0.125 e. The Morgan fingerprint density at radius 2 is 1.95 bits per heavy atom. The average Bonchev–Trinajstić information content (AvgIpc) is 2.45. The zero-order chi connectivity index (χ0) is 15.2. The van der Waals surface area contributed by atoms with Crippen molar-refractivity contribution in [2.45, 2.75) is 26.7 Å². The number of benzene rings is 1. The summed E-state index contributed by atoms with van der Waals surface area (Å²) in [5.74, 6) is 1.75. The van der Waals surface area contributed by atoms with Crippen molar-refractivity contribution in [1.82, 2.24) is 9.80 Å². The Kier molecular flexibility index (Phi) is 6.07. The van der Waals surface area contributed by atoms with Crippen LogP contribution in [0.1, 0.15) is 24.0 Å². The first kappa shape index (κ1) is 16.3. The predicted octanol–water partition coefficient (Wildman–Crippen LogP) is 2.96. The van der Waals surface area contributed by atoms with E-state index < -0.39 is 0 Å². The third kappa shape index (κ3) is 5.01. The van der Waals surface area contributed by atoms with E-state index in [1.54, 1.807) is 0 Å². The van der Waals surface area contributed by atoms with Crippen LogP contribution >= 0.6 is 0 Å². The second-order valence-corrected chi connectivity index (χ2v) is 6.64. The average molecular weight is 290 g/mol. The summed E-state index contributed by atoms with van der Waals surface area (Å²) in [7, 11) is 4.29. The molecule has 0 bridgehead atoms. The Balaban J connectivity index is 1.83. The SMILES string of the molecule is Cc1cccc(C)c1OCC1CCCN(CCN(C)C)C1. The van der Waals surface area contributed by atoms with Gasteiger partial charge in [-0.25, -0.2) is 0 Å². The minimum absolute atomic E-state index is 0.667. The molecule has 1 aliphatic rings. The maximum Gasteiger partial charge on any atom is 0.125 e. The van der Waals surface area contributed by atoms with Gasteiger partial charge in [-0.1, -0.05) is 18.2 Å². The number of para-hydroxylation sites is 1. The fourth-order valence-corrected chi connectivity index (χ4v) is 3.06. The van der Waals surface area contributed by atoms with E-state index in [0.29, 0.717) is 5.92 Å². The van der Waals surface area contributed by atoms with Gasteiger partial charge in [-0.05, 0) is 58.5 Å². The van der Waals surface area contributed by atoms with E-state index in [-0.39, 0.29) is 0 Å². The van der Waals surface area contributed by atoms with Crippen molar-refractivity contribution in [2.24, 2.45) is 5.92 Å². The maximum atomic E-state index is 6.14. The molecule has 0 aromatic heterocycles. The van der Waals surface area contributed by atoms with Gasteiger partial charge in [0.25, 0.3) is 0 Å². The Hall–Kier alpha value is -1.06. The third-order valence-corrected chi connectivity index (χ3v) is 4.34. The number of likely N-dealkylation sites (tertiary alicyclic amines) is 1. The van der Waals surface area contributed by atoms with E-state index >= 15 is 0 Å². The Labute approximate surface area is 129 Å². The molecular formula is C18H30N2O. The van der Waals surface area contributed by atoms with Gasteiger partial charge in [0.1, 0.15) is 5.75 Å². The molecule has 118 valence electrons. The van der Waals surface area contributed by atoms with Crippen LogP contribution in [0.15, 0.2) is 18.2 Å². The largest absolute Gasteiger partial charge is 0.493 e. The van der Waals surface area contributed by atoms with Crippen LogP contribution < -0.4 is 4.74 Å². The molecule has 3 nitrogen and oxygen atoms in total. The first-order valence-electron chi connectivity index (χ1n) is 8.12. The first-order chi connectivity index (χ1) is 10.1. The lowest BCUT2D eigenvalue weighted by Gasteiger charge is -2.33. The van der Waals surface area contributed by atoms with Crippen molar-refractivity contribution in [3.63, 3.8) is 0 Å². The van der Waals surface area contributed by atoms with E-state index in [9.17, 15) is 0 Å². The Morgan fingerprint density at radius 3 is 2.62 bits per heavy atom. The zero-order valence-electron chi connectivity index (χ0n) is 14.1. The molecule has 0 radical (unpaired) electrons. The lowest BCUT2D eigenvalue weighted by Crippen LogP contribution is -2.41. The van der Waals surface area contributed by atoms with Gasteiger partial charge in [0, 0.05) is 25.6 Å². The lowest BCUT2D eigenvalue weighted by atomic mass is 9.99. The molecule has 1 aliphatic heterocycles. The summed E-state index contributed by atoms with van der Waals surface area (Å²) in [5, 5.41) is 0. The van der Waals surface area contributed by atoms with Crippen LogP contribution in [0.2, 0.25) is 0 Å². The van der Waals surface area contributed by atoms with Gasteiger partial charge < -0.3 is 14.5 Å². The molecular weight excluding hydrogens is 260 g/mol. The van der Waals surface area contributed by atoms with E-state index in [0.717, 1.165) is 18.9 Å². The minimum Gasteiger partial charge on any atom is -0.493 e. The Morgan fingerprint density at radius 1 is 1.24 bits per heavy atom. The summed E-state index contributed by atoms with van der Waals surface area (Å²) >= 11 is 0.